The molecule has 0 aliphatic heterocycles. The van der Waals surface area contributed by atoms with Crippen molar-refractivity contribution < 1.29 is 70.9 Å². The van der Waals surface area contributed by atoms with Crippen LogP contribution >= 0.6 is 15.4 Å². The third-order valence-corrected chi connectivity index (χ3v) is 18.7. The number of aliphatic hydroxyl groups is 1. The first kappa shape index (κ1) is 96.1. The van der Waals surface area contributed by atoms with Gasteiger partial charge in [0.1, 0.15) is 19.3 Å². The van der Waals surface area contributed by atoms with Crippen LogP contribution in [0, 0.1) is 0 Å². The summed E-state index contributed by atoms with van der Waals surface area (Å²) >= 11 is 0. The van der Waals surface area contributed by atoms with Gasteiger partial charge in [-0.2, -0.15) is 0 Å². The summed E-state index contributed by atoms with van der Waals surface area (Å²) in [5.74, 6) is -1.77. The molecular weight excluding hydrogens is 1300 g/mol. The van der Waals surface area contributed by atoms with Gasteiger partial charge in [-0.25, -0.2) is 4.57 Å². The summed E-state index contributed by atoms with van der Waals surface area (Å²) in [5.41, 5.74) is 0. The number of nitrogens with one attached hydrogen (secondary N) is 1. The molecule has 1 amide bonds. The smallest absolute Gasteiger partial charge is 0.463 e. The Morgan fingerprint density at radius 1 is 0.350 bits per heavy atom. The van der Waals surface area contributed by atoms with E-state index in [0.717, 1.165) is 154 Å². The van der Waals surface area contributed by atoms with Crippen molar-refractivity contribution >= 4 is 45.5 Å². The van der Waals surface area contributed by atoms with Crippen molar-refractivity contribution in [2.24, 2.45) is 0 Å². The third kappa shape index (κ3) is 72.4. The highest BCUT2D eigenvalue weighted by Gasteiger charge is 2.28. The van der Waals surface area contributed by atoms with Gasteiger partial charge in [0, 0.05) is 25.7 Å². The van der Waals surface area contributed by atoms with Crippen LogP contribution in [-0.2, 0) is 56.0 Å². The summed E-state index contributed by atoms with van der Waals surface area (Å²) < 4.78 is 51.2. The lowest BCUT2D eigenvalue weighted by molar-refractivity contribution is -0.161. The van der Waals surface area contributed by atoms with E-state index in [1.54, 1.807) is 0 Å². The standard InChI is InChI=1S/C82H145NO15P2/c1-6-10-14-18-22-26-30-34-37-38-41-43-46-50-54-58-62-66-79(85)83-76(70-92-80(86)67-63-59-55-51-47-42-33-29-25-21-17-13-9-4)71-94-99(5,89)95-72-77(84)73-96-100(90,91)97-75-78(98-82(88)69-65-61-57-53-49-45-40-36-32-28-24-20-16-12-8-3)74-93-81(87)68-64-60-56-52-48-44-39-35-31-27-23-19-15-11-7-2/h26-33,37-40,44-45,47,51,76-78,84,89H,5-25,34-36,41-43,46,48-50,52-75H2,1-4H3,(H,83,85)(H,90,91)/b30-26-,31-27-,32-28+,33-29+,38-37-,44-39-,45-40-,51-47-. The SMILES string of the molecule is C=P(O)(OCC(O)COP(=O)(O)OCC(COC(=O)CCCCCC/C=C\C/C=C\CCCCCC)OC(=O)CCCCCC/C=C\C/C=C/CCCCCC)OCC(COC(=O)CCCC/C=C\C/C=C/CCCCCC)NC(=O)CCCCCCCC/C=C\C/C=C\CCCCCC. The molecule has 100 heavy (non-hydrogen) atoms. The normalized spacial score (nSPS) is 14.4. The second kappa shape index (κ2) is 73.4. The van der Waals surface area contributed by atoms with Crippen LogP contribution in [0.2, 0.25) is 0 Å². The van der Waals surface area contributed by atoms with E-state index in [9.17, 15) is 38.6 Å². The lowest BCUT2D eigenvalue weighted by atomic mass is 10.1. The Labute approximate surface area is 609 Å². The minimum Gasteiger partial charge on any atom is -0.463 e. The van der Waals surface area contributed by atoms with E-state index in [1.807, 2.05) is 0 Å². The number of carbonyl (C=O) groups excluding carboxylic acids is 4. The molecule has 0 aromatic carbocycles. The second-order valence-electron chi connectivity index (χ2n) is 26.6. The summed E-state index contributed by atoms with van der Waals surface area (Å²) in [4.78, 5) is 73.7. The highest BCUT2D eigenvalue weighted by atomic mass is 31.2. The average Bonchev–Trinajstić information content (AvgIpc) is 1.03. The number of phosphoric acid groups is 1. The number of rotatable bonds is 74. The van der Waals surface area contributed by atoms with Crippen LogP contribution in [-0.4, -0.2) is 103 Å². The zero-order chi connectivity index (χ0) is 73.2. The van der Waals surface area contributed by atoms with Crippen LogP contribution in [0.5, 0.6) is 0 Å². The first-order chi connectivity index (χ1) is 48.7. The van der Waals surface area contributed by atoms with E-state index in [0.29, 0.717) is 25.7 Å². The summed E-state index contributed by atoms with van der Waals surface area (Å²) in [6.07, 6.45) is 83.4. The zero-order valence-corrected chi connectivity index (χ0v) is 65.3. The summed E-state index contributed by atoms with van der Waals surface area (Å²) in [6, 6.07) is -0.858. The molecule has 18 heteroatoms. The van der Waals surface area contributed by atoms with Crippen LogP contribution < -0.4 is 5.32 Å². The van der Waals surface area contributed by atoms with Gasteiger partial charge < -0.3 is 43.5 Å². The van der Waals surface area contributed by atoms with E-state index in [1.165, 1.54) is 103 Å². The van der Waals surface area contributed by atoms with Crippen LogP contribution in [0.1, 0.15) is 336 Å². The van der Waals surface area contributed by atoms with E-state index >= 15 is 0 Å². The number of aliphatic hydroxyl groups excluding tert-OH is 1. The molecule has 0 aromatic rings. The van der Waals surface area contributed by atoms with Crippen LogP contribution in [0.3, 0.4) is 0 Å². The Balaban J connectivity index is 5.41. The highest BCUT2D eigenvalue weighted by Crippen LogP contribution is 2.45. The molecule has 0 aliphatic rings. The first-order valence-electron chi connectivity index (χ1n) is 39.7. The van der Waals surface area contributed by atoms with Crippen molar-refractivity contribution in [1.29, 1.82) is 0 Å². The fraction of sp³-hybridized carbons (Fsp3) is 0.744. The first-order valence-corrected chi connectivity index (χ1v) is 43.0. The van der Waals surface area contributed by atoms with Crippen LogP contribution in [0.25, 0.3) is 0 Å². The molecule has 5 unspecified atom stereocenters. The van der Waals surface area contributed by atoms with Crippen molar-refractivity contribution in [3.05, 3.63) is 97.2 Å². The van der Waals surface area contributed by atoms with Crippen molar-refractivity contribution in [2.75, 3.05) is 39.6 Å². The molecule has 0 aromatic heterocycles. The van der Waals surface area contributed by atoms with E-state index in [-0.39, 0.29) is 44.8 Å². The topological polar surface area (TPSA) is 223 Å². The molecule has 0 spiro atoms. The molecule has 0 fully saturated rings. The molecule has 0 saturated heterocycles. The molecule has 0 bridgehead atoms. The maximum atomic E-state index is 13.2. The summed E-state index contributed by atoms with van der Waals surface area (Å²) in [5, 5.41) is 13.6. The monoisotopic (exact) mass is 1450 g/mol. The molecule has 4 N–H and O–H groups in total. The number of esters is 3. The number of hydrogen-bond donors (Lipinski definition) is 4. The van der Waals surface area contributed by atoms with Crippen LogP contribution in [0.15, 0.2) is 97.2 Å². The Morgan fingerprint density at radius 2 is 0.640 bits per heavy atom. The van der Waals surface area contributed by atoms with Gasteiger partial charge in [-0.05, 0) is 160 Å². The molecule has 0 rings (SSSR count). The minimum atomic E-state index is -4.91. The number of amides is 1. The van der Waals surface area contributed by atoms with Crippen LogP contribution in [0.4, 0.5) is 0 Å². The predicted octanol–water partition coefficient (Wildman–Crippen LogP) is 22.4. The van der Waals surface area contributed by atoms with Gasteiger partial charge >= 0.3 is 25.7 Å². The highest BCUT2D eigenvalue weighted by molar-refractivity contribution is 7.58. The third-order valence-electron chi connectivity index (χ3n) is 16.7. The van der Waals surface area contributed by atoms with Gasteiger partial charge in [0.2, 0.25) is 13.5 Å². The minimum absolute atomic E-state index is 0.0926. The van der Waals surface area contributed by atoms with Gasteiger partial charge in [-0.15, -0.1) is 0 Å². The molecule has 0 radical (unpaired) electrons. The summed E-state index contributed by atoms with van der Waals surface area (Å²) in [6.45, 7) is 5.82. The fourth-order valence-corrected chi connectivity index (χ4v) is 12.2. The lowest BCUT2D eigenvalue weighted by Gasteiger charge is -2.24. The van der Waals surface area contributed by atoms with Crippen molar-refractivity contribution in [2.45, 2.75) is 354 Å². The molecule has 0 saturated carbocycles. The van der Waals surface area contributed by atoms with Gasteiger partial charge in [0.15, 0.2) is 6.10 Å². The quantitative estimate of drug-likeness (QED) is 0.0146. The molecule has 16 nitrogen and oxygen atoms in total. The number of ether oxygens (including phenoxy) is 3. The van der Waals surface area contributed by atoms with Gasteiger partial charge in [0.05, 0.1) is 32.5 Å². The number of carbonyl (C=O) groups is 4. The van der Waals surface area contributed by atoms with E-state index in [4.69, 9.17) is 32.3 Å². The lowest BCUT2D eigenvalue weighted by Crippen LogP contribution is -2.42. The number of phosphoric ester groups is 1. The predicted molar refractivity (Wildman–Crippen MR) is 417 cm³/mol. The van der Waals surface area contributed by atoms with Gasteiger partial charge in [0.25, 0.3) is 0 Å². The molecular formula is C82H145NO15P2. The van der Waals surface area contributed by atoms with Gasteiger partial charge in [-0.1, -0.05) is 253 Å². The maximum absolute atomic E-state index is 13.2. The van der Waals surface area contributed by atoms with E-state index in [2.05, 4.69) is 137 Å². The largest absolute Gasteiger partial charge is 0.472 e. The Kier molecular flexibility index (Phi) is 70.5. The molecule has 5 atom stereocenters. The number of hydrogen-bond acceptors (Lipinski definition) is 14. The van der Waals surface area contributed by atoms with Crippen molar-refractivity contribution in [3.8, 4) is 0 Å². The van der Waals surface area contributed by atoms with E-state index < -0.39 is 78.0 Å². The second-order valence-corrected chi connectivity index (χ2v) is 29.9. The number of allylic oxidation sites excluding steroid dienone is 16. The molecule has 0 heterocycles. The number of unbranched alkanes of at least 4 members (excludes halogenated alkanes) is 32. The zero-order valence-electron chi connectivity index (χ0n) is 63.5. The molecule has 0 aliphatic carbocycles. The Morgan fingerprint density at radius 3 is 1.03 bits per heavy atom. The molecule has 578 valence electrons. The van der Waals surface area contributed by atoms with Crippen molar-refractivity contribution in [3.63, 3.8) is 0 Å². The fourth-order valence-electron chi connectivity index (χ4n) is 10.5. The summed E-state index contributed by atoms with van der Waals surface area (Å²) in [7, 11) is -8.86. The maximum Gasteiger partial charge on any atom is 0.472 e. The van der Waals surface area contributed by atoms with Gasteiger partial charge in [-0.3, -0.25) is 28.2 Å². The Hall–Kier alpha value is -3.95. The van der Waals surface area contributed by atoms with Crippen molar-refractivity contribution in [1.82, 2.24) is 5.32 Å². The average molecular weight is 1450 g/mol. The Bertz CT molecular complexity index is 2280.